The Balaban J connectivity index is 1.47. The average molecular weight is 491 g/mol. The van der Waals surface area contributed by atoms with Crippen molar-refractivity contribution in [3.05, 3.63) is 64.8 Å². The van der Waals surface area contributed by atoms with Crippen LogP contribution < -0.4 is 10.3 Å². The third-order valence-corrected chi connectivity index (χ3v) is 6.54. The molecule has 3 heterocycles. The van der Waals surface area contributed by atoms with Crippen LogP contribution in [0.25, 0.3) is 28.1 Å². The van der Waals surface area contributed by atoms with E-state index in [2.05, 4.69) is 34.2 Å². The number of benzene rings is 2. The Hall–Kier alpha value is -3.66. The highest BCUT2D eigenvalue weighted by Crippen LogP contribution is 2.29. The molecule has 0 N–H and O–H groups in total. The number of hydrogen-bond acceptors (Lipinski definition) is 8. The molecule has 5 aromatic rings. The standard InChI is InChI=1S/C25H26N6O3S/c1-4-33-20-12-8-6-10-18(20)22-26-21(34-29-22)15-35-25-28-27-24-30(14-13-16(2)3)23(32)17-9-5-7-11-19(17)31(24)25/h5-12,16H,4,13-15H2,1-3H3. The second-order valence-electron chi connectivity index (χ2n) is 8.50. The first-order valence-electron chi connectivity index (χ1n) is 11.6. The summed E-state index contributed by atoms with van der Waals surface area (Å²) in [5, 5.41) is 14.2. The number of ether oxygens (including phenoxy) is 1. The zero-order valence-corrected chi connectivity index (χ0v) is 20.7. The molecule has 0 unspecified atom stereocenters. The Bertz CT molecular complexity index is 1540. The van der Waals surface area contributed by atoms with E-state index in [0.717, 1.165) is 17.5 Å². The van der Waals surface area contributed by atoms with Gasteiger partial charge in [0.25, 0.3) is 5.56 Å². The van der Waals surface area contributed by atoms with E-state index in [4.69, 9.17) is 9.26 Å². The summed E-state index contributed by atoms with van der Waals surface area (Å²) in [5.74, 6) is 3.06. The monoisotopic (exact) mass is 490 g/mol. The van der Waals surface area contributed by atoms with Gasteiger partial charge >= 0.3 is 0 Å². The summed E-state index contributed by atoms with van der Waals surface area (Å²) >= 11 is 1.43. The van der Waals surface area contributed by atoms with Gasteiger partial charge in [-0.25, -0.2) is 0 Å². The average Bonchev–Trinajstić information content (AvgIpc) is 3.50. The van der Waals surface area contributed by atoms with E-state index in [-0.39, 0.29) is 5.56 Å². The lowest BCUT2D eigenvalue weighted by molar-refractivity contribution is 0.341. The second kappa shape index (κ2) is 9.91. The van der Waals surface area contributed by atoms with E-state index in [1.165, 1.54) is 11.8 Å². The smallest absolute Gasteiger partial charge is 0.262 e. The Morgan fingerprint density at radius 2 is 1.89 bits per heavy atom. The van der Waals surface area contributed by atoms with Crippen molar-refractivity contribution < 1.29 is 9.26 Å². The maximum atomic E-state index is 13.2. The summed E-state index contributed by atoms with van der Waals surface area (Å²) in [6, 6.07) is 15.2. The molecule has 0 aliphatic rings. The summed E-state index contributed by atoms with van der Waals surface area (Å²) < 4.78 is 14.8. The lowest BCUT2D eigenvalue weighted by atomic mass is 10.1. The van der Waals surface area contributed by atoms with E-state index in [0.29, 0.717) is 58.6 Å². The zero-order valence-electron chi connectivity index (χ0n) is 19.8. The Labute approximate surface area is 206 Å². The molecule has 0 atom stereocenters. The van der Waals surface area contributed by atoms with Crippen molar-refractivity contribution in [2.45, 2.75) is 44.6 Å². The molecule has 0 saturated carbocycles. The quantitative estimate of drug-likeness (QED) is 0.271. The van der Waals surface area contributed by atoms with Crippen molar-refractivity contribution in [3.63, 3.8) is 0 Å². The number of thioether (sulfide) groups is 1. The zero-order chi connectivity index (χ0) is 24.4. The van der Waals surface area contributed by atoms with Crippen molar-refractivity contribution in [3.8, 4) is 17.1 Å². The number of rotatable bonds is 9. The first kappa shape index (κ1) is 23.1. The first-order chi connectivity index (χ1) is 17.1. The van der Waals surface area contributed by atoms with E-state index in [1.54, 1.807) is 4.57 Å². The van der Waals surface area contributed by atoms with Gasteiger partial charge in [0.2, 0.25) is 17.5 Å². The third kappa shape index (κ3) is 4.53. The predicted octanol–water partition coefficient (Wildman–Crippen LogP) is 4.83. The molecular formula is C25H26N6O3S. The highest BCUT2D eigenvalue weighted by Gasteiger charge is 2.19. The summed E-state index contributed by atoms with van der Waals surface area (Å²) in [5.41, 5.74) is 1.51. The molecule has 0 amide bonds. The largest absolute Gasteiger partial charge is 0.493 e. The molecule has 180 valence electrons. The van der Waals surface area contributed by atoms with Gasteiger partial charge in [-0.05, 0) is 43.5 Å². The molecule has 0 aliphatic heterocycles. The Morgan fingerprint density at radius 3 is 2.71 bits per heavy atom. The number of para-hydroxylation sites is 2. The summed E-state index contributed by atoms with van der Waals surface area (Å²) in [4.78, 5) is 17.7. The van der Waals surface area contributed by atoms with E-state index in [1.807, 2.05) is 59.9 Å². The minimum absolute atomic E-state index is 0.0489. The Morgan fingerprint density at radius 1 is 1.09 bits per heavy atom. The molecule has 10 heteroatoms. The maximum Gasteiger partial charge on any atom is 0.262 e. The topological polar surface area (TPSA) is 100 Å². The third-order valence-electron chi connectivity index (χ3n) is 5.63. The molecule has 0 aliphatic carbocycles. The molecule has 5 rings (SSSR count). The molecular weight excluding hydrogens is 464 g/mol. The van der Waals surface area contributed by atoms with Gasteiger partial charge in [0.1, 0.15) is 5.75 Å². The van der Waals surface area contributed by atoms with Gasteiger partial charge in [-0.15, -0.1) is 10.2 Å². The SMILES string of the molecule is CCOc1ccccc1-c1noc(CSc2nnc3n(CCC(C)C)c(=O)c4ccccc4n23)n1. The molecule has 0 bridgehead atoms. The molecule has 35 heavy (non-hydrogen) atoms. The predicted molar refractivity (Wildman–Crippen MR) is 135 cm³/mol. The number of fused-ring (bicyclic) bond motifs is 3. The number of hydrogen-bond donors (Lipinski definition) is 0. The molecule has 0 saturated heterocycles. The van der Waals surface area contributed by atoms with Crippen LogP contribution in [0, 0.1) is 5.92 Å². The van der Waals surface area contributed by atoms with Crippen molar-refractivity contribution in [1.29, 1.82) is 0 Å². The lowest BCUT2D eigenvalue weighted by Gasteiger charge is -2.12. The second-order valence-corrected chi connectivity index (χ2v) is 9.45. The van der Waals surface area contributed by atoms with Crippen LogP contribution in [0.4, 0.5) is 0 Å². The minimum Gasteiger partial charge on any atom is -0.493 e. The number of aromatic nitrogens is 6. The van der Waals surface area contributed by atoms with Crippen molar-refractivity contribution in [2.24, 2.45) is 5.92 Å². The van der Waals surface area contributed by atoms with E-state index >= 15 is 0 Å². The molecule has 0 spiro atoms. The summed E-state index contributed by atoms with van der Waals surface area (Å²) in [7, 11) is 0. The minimum atomic E-state index is -0.0489. The van der Waals surface area contributed by atoms with E-state index < -0.39 is 0 Å². The molecule has 0 radical (unpaired) electrons. The van der Waals surface area contributed by atoms with Gasteiger partial charge in [0.15, 0.2) is 5.16 Å². The van der Waals surface area contributed by atoms with Crippen LogP contribution in [-0.4, -0.2) is 35.9 Å². The van der Waals surface area contributed by atoms with Gasteiger partial charge in [0.05, 0.1) is 28.8 Å². The van der Waals surface area contributed by atoms with Crippen LogP contribution in [0.15, 0.2) is 63.0 Å². The first-order valence-corrected chi connectivity index (χ1v) is 12.6. The molecule has 3 aromatic heterocycles. The Kier molecular flexibility index (Phi) is 6.54. The van der Waals surface area contributed by atoms with E-state index in [9.17, 15) is 4.79 Å². The highest BCUT2D eigenvalue weighted by molar-refractivity contribution is 7.98. The van der Waals surface area contributed by atoms with Crippen LogP contribution in [0.1, 0.15) is 33.1 Å². The van der Waals surface area contributed by atoms with Crippen molar-refractivity contribution in [1.82, 2.24) is 29.3 Å². The number of nitrogens with zero attached hydrogens (tertiary/aromatic N) is 6. The van der Waals surface area contributed by atoms with Gasteiger partial charge in [-0.2, -0.15) is 4.98 Å². The fourth-order valence-electron chi connectivity index (χ4n) is 3.90. The van der Waals surface area contributed by atoms with Crippen LogP contribution in [0.3, 0.4) is 0 Å². The van der Waals surface area contributed by atoms with Gasteiger partial charge in [-0.3, -0.25) is 13.8 Å². The fourth-order valence-corrected chi connectivity index (χ4v) is 4.68. The van der Waals surface area contributed by atoms with Gasteiger partial charge < -0.3 is 9.26 Å². The van der Waals surface area contributed by atoms with Crippen LogP contribution >= 0.6 is 11.8 Å². The van der Waals surface area contributed by atoms with Gasteiger partial charge in [0, 0.05) is 6.54 Å². The van der Waals surface area contributed by atoms with Crippen molar-refractivity contribution >= 4 is 28.4 Å². The summed E-state index contributed by atoms with van der Waals surface area (Å²) in [6.45, 7) is 7.34. The highest BCUT2D eigenvalue weighted by atomic mass is 32.2. The van der Waals surface area contributed by atoms with Gasteiger partial charge in [-0.1, -0.05) is 55.0 Å². The fraction of sp³-hybridized carbons (Fsp3) is 0.320. The van der Waals surface area contributed by atoms with Crippen LogP contribution in [0.5, 0.6) is 5.75 Å². The molecule has 9 nitrogen and oxygen atoms in total. The molecule has 0 fully saturated rings. The molecule has 2 aromatic carbocycles. The van der Waals surface area contributed by atoms with Crippen LogP contribution in [0.2, 0.25) is 0 Å². The van der Waals surface area contributed by atoms with Crippen molar-refractivity contribution in [2.75, 3.05) is 6.61 Å². The normalized spacial score (nSPS) is 11.7. The lowest BCUT2D eigenvalue weighted by Crippen LogP contribution is -2.24. The maximum absolute atomic E-state index is 13.2. The number of aryl methyl sites for hydroxylation is 1. The summed E-state index contributed by atoms with van der Waals surface area (Å²) in [6.07, 6.45) is 0.872. The van der Waals surface area contributed by atoms with Crippen LogP contribution in [-0.2, 0) is 12.3 Å².